The molecule has 1 heterocycles. The van der Waals surface area contributed by atoms with Gasteiger partial charge in [0.2, 0.25) is 0 Å². The lowest BCUT2D eigenvalue weighted by Gasteiger charge is -2.20. The quantitative estimate of drug-likeness (QED) is 0.433. The minimum atomic E-state index is -1.72. The van der Waals surface area contributed by atoms with Gasteiger partial charge >= 0.3 is 0 Å². The molecule has 0 fully saturated rings. The minimum absolute atomic E-state index is 0.0546. The van der Waals surface area contributed by atoms with Gasteiger partial charge in [-0.05, 0) is 47.1 Å². The van der Waals surface area contributed by atoms with E-state index in [0.29, 0.717) is 32.9 Å². The van der Waals surface area contributed by atoms with E-state index in [2.05, 4.69) is 31.8 Å². The number of fused-ring (bicyclic) bond motifs is 1. The molecule has 1 aliphatic heterocycles. The van der Waals surface area contributed by atoms with Crippen molar-refractivity contribution in [1.82, 2.24) is 5.43 Å². The molecule has 8 nitrogen and oxygen atoms in total. The highest BCUT2D eigenvalue weighted by Crippen LogP contribution is 2.38. The molecular weight excluding hydrogens is 442 g/mol. The fourth-order valence-corrected chi connectivity index (χ4v) is 3.42. The molecule has 1 atom stereocenters. The van der Waals surface area contributed by atoms with E-state index in [1.165, 1.54) is 0 Å². The topological polar surface area (TPSA) is 109 Å². The molecule has 152 valence electrons. The number of benzene rings is 2. The van der Waals surface area contributed by atoms with Gasteiger partial charge in [0, 0.05) is 23.4 Å². The molecule has 0 aliphatic carbocycles. The van der Waals surface area contributed by atoms with Crippen LogP contribution in [0.5, 0.6) is 11.5 Å². The largest absolute Gasteiger partial charge is 0.497 e. The number of amides is 2. The molecule has 0 radical (unpaired) electrons. The molecule has 2 aromatic rings. The van der Waals surface area contributed by atoms with Crippen LogP contribution in [0.1, 0.15) is 18.9 Å². The van der Waals surface area contributed by atoms with Crippen molar-refractivity contribution < 1.29 is 24.2 Å². The summed E-state index contributed by atoms with van der Waals surface area (Å²) in [5.74, 6) is 0.141. The molecule has 2 aromatic carbocycles. The summed E-state index contributed by atoms with van der Waals surface area (Å²) < 4.78 is 11.2. The van der Waals surface area contributed by atoms with E-state index in [9.17, 15) is 14.7 Å². The minimum Gasteiger partial charge on any atom is -0.497 e. The Bertz CT molecular complexity index is 978. The van der Waals surface area contributed by atoms with Crippen LogP contribution in [0.4, 0.5) is 5.69 Å². The van der Waals surface area contributed by atoms with Crippen LogP contribution in [0.3, 0.4) is 0 Å². The number of ether oxygens (including phenoxy) is 2. The zero-order valence-corrected chi connectivity index (χ0v) is 17.4. The second-order valence-electron chi connectivity index (χ2n) is 6.50. The highest BCUT2D eigenvalue weighted by Gasteiger charge is 2.45. The first-order valence-corrected chi connectivity index (χ1v) is 9.54. The Hall–Kier alpha value is -2.91. The van der Waals surface area contributed by atoms with Gasteiger partial charge in [-0.2, -0.15) is 5.10 Å². The van der Waals surface area contributed by atoms with Crippen LogP contribution in [-0.2, 0) is 15.2 Å². The summed E-state index contributed by atoms with van der Waals surface area (Å²) in [5, 5.41) is 17.4. The molecule has 2 amide bonds. The number of halogens is 1. The Morgan fingerprint density at radius 3 is 2.79 bits per heavy atom. The third-order valence-electron chi connectivity index (χ3n) is 4.38. The van der Waals surface area contributed by atoms with Crippen LogP contribution in [0.15, 0.2) is 52.0 Å². The second kappa shape index (κ2) is 8.62. The standard InChI is InChI=1S/C20H20BrN3O5/c1-12(10-20(27)14-5-3-4-6-16(14)22-19(20)26)23-24-18(25)11-29-17-8-7-13(28-2)9-15(17)21/h3-9,27H,10-11H2,1-2H3,(H,22,26)(H,24,25)/b23-12-/t20-/m0/s1. The van der Waals surface area contributed by atoms with Gasteiger partial charge in [0.1, 0.15) is 11.5 Å². The van der Waals surface area contributed by atoms with Crippen LogP contribution in [0.25, 0.3) is 0 Å². The van der Waals surface area contributed by atoms with Crippen LogP contribution >= 0.6 is 15.9 Å². The van der Waals surface area contributed by atoms with Gasteiger partial charge in [-0.15, -0.1) is 0 Å². The molecular formula is C20H20BrN3O5. The second-order valence-corrected chi connectivity index (χ2v) is 7.36. The smallest absolute Gasteiger partial charge is 0.277 e. The first-order chi connectivity index (χ1) is 13.8. The number of nitrogens with zero attached hydrogens (tertiary/aromatic N) is 1. The summed E-state index contributed by atoms with van der Waals surface area (Å²) in [4.78, 5) is 24.2. The van der Waals surface area contributed by atoms with Gasteiger partial charge in [-0.25, -0.2) is 5.43 Å². The Morgan fingerprint density at radius 2 is 2.07 bits per heavy atom. The third kappa shape index (κ3) is 4.57. The number of hydrazone groups is 1. The Morgan fingerprint density at radius 1 is 1.31 bits per heavy atom. The van der Waals surface area contributed by atoms with Gasteiger partial charge < -0.3 is 19.9 Å². The van der Waals surface area contributed by atoms with E-state index >= 15 is 0 Å². The first kappa shape index (κ1) is 20.8. The van der Waals surface area contributed by atoms with Crippen molar-refractivity contribution in [2.24, 2.45) is 5.10 Å². The molecule has 9 heteroatoms. The predicted octanol–water partition coefficient (Wildman–Crippen LogP) is 2.56. The monoisotopic (exact) mass is 461 g/mol. The SMILES string of the molecule is COc1ccc(OCC(=O)N/N=C(/C)C[C@@]2(O)C(=O)Nc3ccccc32)c(Br)c1. The van der Waals surface area contributed by atoms with Crippen molar-refractivity contribution in [3.63, 3.8) is 0 Å². The van der Waals surface area contributed by atoms with Gasteiger partial charge in [-0.1, -0.05) is 18.2 Å². The number of para-hydroxylation sites is 1. The normalized spacial score (nSPS) is 18.1. The number of carbonyl (C=O) groups is 2. The molecule has 0 saturated heterocycles. The van der Waals surface area contributed by atoms with E-state index in [4.69, 9.17) is 9.47 Å². The van der Waals surface area contributed by atoms with Gasteiger partial charge in [0.15, 0.2) is 12.2 Å². The average molecular weight is 462 g/mol. The number of anilines is 1. The van der Waals surface area contributed by atoms with Crippen LogP contribution in [0.2, 0.25) is 0 Å². The number of methoxy groups -OCH3 is 1. The lowest BCUT2D eigenvalue weighted by Crippen LogP contribution is -2.36. The van der Waals surface area contributed by atoms with Crippen molar-refractivity contribution >= 4 is 39.1 Å². The average Bonchev–Trinajstić information content (AvgIpc) is 2.95. The molecule has 0 spiro atoms. The van der Waals surface area contributed by atoms with Crippen molar-refractivity contribution in [2.45, 2.75) is 18.9 Å². The lowest BCUT2D eigenvalue weighted by atomic mass is 9.90. The van der Waals surface area contributed by atoms with Crippen LogP contribution in [-0.4, -0.2) is 36.3 Å². The van der Waals surface area contributed by atoms with Crippen molar-refractivity contribution in [1.29, 1.82) is 0 Å². The first-order valence-electron chi connectivity index (χ1n) is 8.75. The summed E-state index contributed by atoms with van der Waals surface area (Å²) in [6.07, 6.45) is -0.0546. The molecule has 0 saturated carbocycles. The number of rotatable bonds is 7. The van der Waals surface area contributed by atoms with Gasteiger partial charge in [-0.3, -0.25) is 9.59 Å². The van der Waals surface area contributed by atoms with Crippen molar-refractivity contribution in [3.8, 4) is 11.5 Å². The zero-order valence-electron chi connectivity index (χ0n) is 15.9. The summed E-state index contributed by atoms with van der Waals surface area (Å²) in [5.41, 5.74) is 2.08. The Balaban J connectivity index is 1.57. The molecule has 0 bridgehead atoms. The number of hydrogen-bond acceptors (Lipinski definition) is 6. The predicted molar refractivity (Wildman–Crippen MR) is 111 cm³/mol. The van der Waals surface area contributed by atoms with Crippen LogP contribution < -0.4 is 20.2 Å². The molecule has 0 unspecified atom stereocenters. The number of carbonyl (C=O) groups excluding carboxylic acids is 2. The van der Waals surface area contributed by atoms with Gasteiger partial charge in [0.25, 0.3) is 11.8 Å². The number of nitrogens with one attached hydrogen (secondary N) is 2. The van der Waals surface area contributed by atoms with Gasteiger partial charge in [0.05, 0.1) is 11.6 Å². The zero-order chi connectivity index (χ0) is 21.0. The maximum atomic E-state index is 12.2. The molecule has 1 aliphatic rings. The van der Waals surface area contributed by atoms with E-state index < -0.39 is 17.4 Å². The fourth-order valence-electron chi connectivity index (χ4n) is 2.95. The number of hydrogen-bond donors (Lipinski definition) is 3. The van der Waals surface area contributed by atoms with E-state index in [1.807, 2.05) is 0 Å². The Kier molecular flexibility index (Phi) is 6.19. The van der Waals surface area contributed by atoms with E-state index in [0.717, 1.165) is 0 Å². The third-order valence-corrected chi connectivity index (χ3v) is 5.00. The molecule has 3 rings (SSSR count). The molecule has 0 aromatic heterocycles. The molecule has 3 N–H and O–H groups in total. The van der Waals surface area contributed by atoms with Crippen LogP contribution in [0, 0.1) is 0 Å². The maximum Gasteiger partial charge on any atom is 0.277 e. The maximum absolute atomic E-state index is 12.2. The molecule has 29 heavy (non-hydrogen) atoms. The fraction of sp³-hybridized carbons (Fsp3) is 0.250. The van der Waals surface area contributed by atoms with Crippen molar-refractivity contribution in [3.05, 3.63) is 52.5 Å². The number of aliphatic hydroxyl groups is 1. The lowest BCUT2D eigenvalue weighted by molar-refractivity contribution is -0.132. The summed E-state index contributed by atoms with van der Waals surface area (Å²) in [6, 6.07) is 12.0. The Labute approximate surface area is 176 Å². The van der Waals surface area contributed by atoms with Crippen molar-refractivity contribution in [2.75, 3.05) is 19.0 Å². The van der Waals surface area contributed by atoms with E-state index in [1.54, 1.807) is 56.5 Å². The summed E-state index contributed by atoms with van der Waals surface area (Å²) in [7, 11) is 1.56. The summed E-state index contributed by atoms with van der Waals surface area (Å²) >= 11 is 3.34. The highest BCUT2D eigenvalue weighted by molar-refractivity contribution is 9.10. The van der Waals surface area contributed by atoms with E-state index in [-0.39, 0.29) is 13.0 Å². The highest BCUT2D eigenvalue weighted by atomic mass is 79.9. The summed E-state index contributed by atoms with van der Waals surface area (Å²) in [6.45, 7) is 1.36.